The van der Waals surface area contributed by atoms with Crippen molar-refractivity contribution in [2.45, 2.75) is 46.5 Å². The van der Waals surface area contributed by atoms with Gasteiger partial charge >= 0.3 is 0 Å². The quantitative estimate of drug-likeness (QED) is 0.112. The van der Waals surface area contributed by atoms with Crippen molar-refractivity contribution in [1.29, 1.82) is 0 Å². The SMILES string of the molecule is C#C.C/C=C\C=C/CC1(C2=CCC=CC=C2)C2=C(C=CCC=C2)OC2=C1CC=CC=C2/C(C)=C/C=C=CN(c1ccccc1)c1ccccc1.C=CC. The molecule has 0 aromatic heterocycles. The molecule has 6 rings (SSSR count). The molecule has 2 heteroatoms. The Morgan fingerprint density at radius 3 is 2.26 bits per heavy atom. The van der Waals surface area contributed by atoms with E-state index >= 15 is 0 Å². The first-order chi connectivity index (χ1) is 26.1. The summed E-state index contributed by atoms with van der Waals surface area (Å²) in [6, 6.07) is 20.7. The number of nitrogens with zero attached hydrogens (tertiary/aromatic N) is 1. The summed E-state index contributed by atoms with van der Waals surface area (Å²) >= 11 is 0. The second-order valence-corrected chi connectivity index (χ2v) is 12.4. The second-order valence-electron chi connectivity index (χ2n) is 12.4. The standard InChI is InChI=1S/C46H43NO.C3H6.C2H2/c1-3-4-5-22-35-46(38-25-11-6-7-12-26-38)42-32-17-10-18-34-44(42)48-45-41(31-19-20-33-43(45)46)37(2)24-21-23-36-47(39-27-13-8-14-28-39)40-29-15-9-16-30-40;1-3-2;1-2/h3-9,11,13-22,24-32,34,36H,10,12,33,35H2,1-2H3;3H,1H2,2H3;1-2H/b4-3-,22-5-,37-24+;;. The van der Waals surface area contributed by atoms with E-state index in [1.165, 1.54) is 16.7 Å². The van der Waals surface area contributed by atoms with Gasteiger partial charge in [0.15, 0.2) is 0 Å². The molecule has 0 saturated heterocycles. The predicted octanol–water partition coefficient (Wildman–Crippen LogP) is 13.8. The first-order valence-electron chi connectivity index (χ1n) is 18.2. The Labute approximate surface area is 318 Å². The minimum Gasteiger partial charge on any atom is -0.456 e. The van der Waals surface area contributed by atoms with E-state index < -0.39 is 0 Å². The zero-order chi connectivity index (χ0) is 37.7. The lowest BCUT2D eigenvalue weighted by Crippen LogP contribution is -2.33. The Hall–Kier alpha value is -6.26. The first-order valence-corrected chi connectivity index (χ1v) is 18.2. The van der Waals surface area contributed by atoms with Gasteiger partial charge in [0.2, 0.25) is 0 Å². The van der Waals surface area contributed by atoms with Gasteiger partial charge < -0.3 is 9.64 Å². The number of ether oxygens (including phenoxy) is 1. The van der Waals surface area contributed by atoms with Crippen molar-refractivity contribution in [2.24, 2.45) is 5.41 Å². The molecule has 0 radical (unpaired) electrons. The summed E-state index contributed by atoms with van der Waals surface area (Å²) in [6.07, 6.45) is 54.8. The molecule has 0 spiro atoms. The Bertz CT molecular complexity index is 1980. The number of hydrogen-bond donors (Lipinski definition) is 0. The number of rotatable bonds is 9. The van der Waals surface area contributed by atoms with Crippen molar-refractivity contribution >= 4 is 11.4 Å². The van der Waals surface area contributed by atoms with Gasteiger partial charge in [0.1, 0.15) is 11.5 Å². The normalized spacial score (nSPS) is 18.7. The fraction of sp³-hybridized carbons (Fsp3) is 0.157. The Morgan fingerprint density at radius 1 is 0.868 bits per heavy atom. The Kier molecular flexibility index (Phi) is 15.8. The predicted molar refractivity (Wildman–Crippen MR) is 229 cm³/mol. The number of allylic oxidation sites excluding steroid dienone is 23. The van der Waals surface area contributed by atoms with Gasteiger partial charge in [-0.15, -0.1) is 25.2 Å². The van der Waals surface area contributed by atoms with Crippen LogP contribution < -0.4 is 4.90 Å². The third-order valence-corrected chi connectivity index (χ3v) is 9.00. The number of hydrogen-bond acceptors (Lipinski definition) is 2. The van der Waals surface area contributed by atoms with Crippen LogP contribution in [0.3, 0.4) is 0 Å². The minimum absolute atomic E-state index is 0.385. The van der Waals surface area contributed by atoms with Gasteiger partial charge in [0.25, 0.3) is 0 Å². The van der Waals surface area contributed by atoms with E-state index in [-0.39, 0.29) is 5.41 Å². The third-order valence-electron chi connectivity index (χ3n) is 9.00. The van der Waals surface area contributed by atoms with Crippen molar-refractivity contribution < 1.29 is 4.74 Å². The highest BCUT2D eigenvalue weighted by Crippen LogP contribution is 2.56. The fourth-order valence-electron chi connectivity index (χ4n) is 6.67. The average molecular weight is 694 g/mol. The van der Waals surface area contributed by atoms with Crippen molar-refractivity contribution in [1.82, 2.24) is 0 Å². The van der Waals surface area contributed by atoms with E-state index in [0.717, 1.165) is 59.7 Å². The maximum Gasteiger partial charge on any atom is 0.135 e. The van der Waals surface area contributed by atoms with E-state index in [2.05, 4.69) is 196 Å². The molecule has 2 aromatic rings. The van der Waals surface area contributed by atoms with Crippen LogP contribution in [-0.2, 0) is 4.74 Å². The maximum atomic E-state index is 6.97. The molecular weight excluding hydrogens is 643 g/mol. The second kappa shape index (κ2) is 21.2. The highest BCUT2D eigenvalue weighted by Gasteiger charge is 2.46. The Balaban J connectivity index is 0.00000119. The molecule has 1 heterocycles. The van der Waals surface area contributed by atoms with Crippen LogP contribution in [0.4, 0.5) is 11.4 Å². The van der Waals surface area contributed by atoms with Crippen LogP contribution in [0.1, 0.15) is 46.5 Å². The first kappa shape index (κ1) is 39.5. The zero-order valence-electron chi connectivity index (χ0n) is 31.4. The van der Waals surface area contributed by atoms with Crippen molar-refractivity contribution in [3.63, 3.8) is 0 Å². The van der Waals surface area contributed by atoms with Crippen LogP contribution in [0.25, 0.3) is 0 Å². The van der Waals surface area contributed by atoms with Crippen LogP contribution in [-0.4, -0.2) is 0 Å². The highest BCUT2D eigenvalue weighted by atomic mass is 16.5. The van der Waals surface area contributed by atoms with Gasteiger partial charge in [-0.2, -0.15) is 0 Å². The van der Waals surface area contributed by atoms with Crippen LogP contribution in [0.5, 0.6) is 0 Å². The molecule has 0 N–H and O–H groups in total. The molecule has 0 bridgehead atoms. The van der Waals surface area contributed by atoms with E-state index in [1.807, 2.05) is 31.3 Å². The molecule has 0 fully saturated rings. The van der Waals surface area contributed by atoms with Crippen LogP contribution >= 0.6 is 0 Å². The van der Waals surface area contributed by atoms with E-state index in [4.69, 9.17) is 4.74 Å². The summed E-state index contributed by atoms with van der Waals surface area (Å²) in [5.74, 6) is 1.87. The molecule has 1 atom stereocenters. The molecular formula is C51H51NO. The van der Waals surface area contributed by atoms with Gasteiger partial charge in [-0.3, -0.25) is 0 Å². The number of terminal acetylenes is 1. The van der Waals surface area contributed by atoms with E-state index in [9.17, 15) is 0 Å². The number of benzene rings is 2. The minimum atomic E-state index is -0.385. The molecule has 53 heavy (non-hydrogen) atoms. The van der Waals surface area contributed by atoms with Crippen LogP contribution in [0.2, 0.25) is 0 Å². The molecule has 2 aromatic carbocycles. The van der Waals surface area contributed by atoms with Crippen molar-refractivity contribution in [3.05, 3.63) is 234 Å². The molecule has 3 aliphatic carbocycles. The lowest BCUT2D eigenvalue weighted by atomic mass is 9.62. The lowest BCUT2D eigenvalue weighted by molar-refractivity contribution is 0.279. The summed E-state index contributed by atoms with van der Waals surface area (Å²) in [4.78, 5) is 2.15. The zero-order valence-corrected chi connectivity index (χ0v) is 31.4. The molecule has 1 unspecified atom stereocenters. The topological polar surface area (TPSA) is 12.5 Å². The molecule has 266 valence electrons. The summed E-state index contributed by atoms with van der Waals surface area (Å²) in [6.45, 7) is 9.47. The summed E-state index contributed by atoms with van der Waals surface area (Å²) in [5, 5.41) is 0. The largest absolute Gasteiger partial charge is 0.456 e. The average Bonchev–Trinajstić information content (AvgIpc) is 3.71. The van der Waals surface area contributed by atoms with E-state index in [1.54, 1.807) is 6.08 Å². The molecule has 4 aliphatic rings. The molecule has 0 saturated carbocycles. The van der Waals surface area contributed by atoms with Crippen LogP contribution in [0, 0.1) is 18.3 Å². The molecule has 0 amide bonds. The lowest BCUT2D eigenvalue weighted by Gasteiger charge is -2.43. The highest BCUT2D eigenvalue weighted by molar-refractivity contribution is 5.66. The smallest absolute Gasteiger partial charge is 0.135 e. The maximum absolute atomic E-state index is 6.97. The number of para-hydroxylation sites is 2. The van der Waals surface area contributed by atoms with Gasteiger partial charge in [-0.1, -0.05) is 140 Å². The van der Waals surface area contributed by atoms with E-state index in [0.29, 0.717) is 0 Å². The summed E-state index contributed by atoms with van der Waals surface area (Å²) in [7, 11) is 0. The summed E-state index contributed by atoms with van der Waals surface area (Å²) in [5.41, 5.74) is 11.2. The molecule has 1 aliphatic heterocycles. The van der Waals surface area contributed by atoms with Gasteiger partial charge in [0.05, 0.1) is 11.6 Å². The van der Waals surface area contributed by atoms with Crippen molar-refractivity contribution in [2.75, 3.05) is 4.90 Å². The monoisotopic (exact) mass is 693 g/mol. The van der Waals surface area contributed by atoms with Gasteiger partial charge in [-0.25, -0.2) is 0 Å². The fourth-order valence-corrected chi connectivity index (χ4v) is 6.67. The van der Waals surface area contributed by atoms with Crippen molar-refractivity contribution in [3.8, 4) is 12.8 Å². The van der Waals surface area contributed by atoms with Crippen LogP contribution in [0.15, 0.2) is 234 Å². The number of anilines is 2. The Morgan fingerprint density at radius 2 is 1.57 bits per heavy atom. The molecule has 2 nitrogen and oxygen atoms in total. The van der Waals surface area contributed by atoms with Gasteiger partial charge in [-0.05, 0) is 99.6 Å². The summed E-state index contributed by atoms with van der Waals surface area (Å²) < 4.78 is 6.97. The third kappa shape index (κ3) is 9.96. The van der Waals surface area contributed by atoms with Gasteiger partial charge in [0, 0.05) is 22.5 Å².